The summed E-state index contributed by atoms with van der Waals surface area (Å²) in [5.74, 6) is 0. The fraction of sp³-hybridized carbons (Fsp3) is 0.273. The van der Waals surface area contributed by atoms with Gasteiger partial charge in [-0.1, -0.05) is 43.0 Å². The molecule has 0 spiro atoms. The topological polar surface area (TPSA) is 40.5 Å². The van der Waals surface area contributed by atoms with Crippen molar-refractivity contribution in [3.63, 3.8) is 0 Å². The Kier molecular flexibility index (Phi) is 14.9. The summed E-state index contributed by atoms with van der Waals surface area (Å²) in [4.78, 5) is 0. The minimum atomic E-state index is 0.250. The Bertz CT molecular complexity index is 183. The Labute approximate surface area is 80.2 Å². The smallest absolute Gasteiger partial charge is 0.0402 e. The van der Waals surface area contributed by atoms with Crippen LogP contribution in [-0.2, 0) is 0 Å². The third kappa shape index (κ3) is 10.9. The molecule has 1 aromatic rings. The van der Waals surface area contributed by atoms with Crippen LogP contribution in [0.4, 0.5) is 0 Å². The first-order valence-corrected chi connectivity index (χ1v) is 4.08. The van der Waals surface area contributed by atoms with Crippen LogP contribution in [0.15, 0.2) is 36.9 Å². The summed E-state index contributed by atoms with van der Waals surface area (Å²) >= 11 is 0. The highest BCUT2D eigenvalue weighted by Crippen LogP contribution is 1.97. The molecule has 74 valence electrons. The van der Waals surface area contributed by atoms with Crippen LogP contribution < -0.4 is 0 Å². The molecule has 1 aromatic carbocycles. The summed E-state index contributed by atoms with van der Waals surface area (Å²) in [7, 11) is 1.00. The number of aliphatic hydroxyl groups excluding tert-OH is 2. The molecule has 1 rings (SSSR count). The maximum Gasteiger partial charge on any atom is 0.0402 e. The number of hydrogen-bond acceptors (Lipinski definition) is 2. The summed E-state index contributed by atoms with van der Waals surface area (Å²) in [6.45, 7) is 5.56. The number of aliphatic hydroxyl groups is 2. The molecular formula is C11H18O2. The van der Waals surface area contributed by atoms with Crippen LogP contribution in [-0.4, -0.2) is 23.9 Å². The monoisotopic (exact) mass is 182 g/mol. The molecule has 0 saturated carbocycles. The molecular weight excluding hydrogens is 164 g/mol. The molecule has 2 N–H and O–H groups in total. The first-order valence-electron chi connectivity index (χ1n) is 4.08. The molecule has 0 aliphatic carbocycles. The molecule has 0 bridgehead atoms. The zero-order valence-electron chi connectivity index (χ0n) is 8.27. The Hall–Kier alpha value is -1.12. The molecule has 0 fully saturated rings. The zero-order valence-corrected chi connectivity index (χ0v) is 8.27. The normalized spacial score (nSPS) is 7.08. The van der Waals surface area contributed by atoms with E-state index >= 15 is 0 Å². The van der Waals surface area contributed by atoms with Gasteiger partial charge in [0, 0.05) is 13.7 Å². The van der Waals surface area contributed by atoms with Crippen molar-refractivity contribution in [3.05, 3.63) is 42.5 Å². The van der Waals surface area contributed by atoms with Crippen molar-refractivity contribution in [3.8, 4) is 0 Å². The highest BCUT2D eigenvalue weighted by molar-refractivity contribution is 5.45. The summed E-state index contributed by atoms with van der Waals surface area (Å²) in [5, 5.41) is 14.6. The molecule has 2 nitrogen and oxygen atoms in total. The van der Waals surface area contributed by atoms with Crippen LogP contribution in [0.1, 0.15) is 12.5 Å². The summed E-state index contributed by atoms with van der Waals surface area (Å²) in [6.07, 6.45) is 1.83. The fourth-order valence-electron chi connectivity index (χ4n) is 0.589. The highest BCUT2D eigenvalue weighted by atomic mass is 16.2. The van der Waals surface area contributed by atoms with Crippen LogP contribution >= 0.6 is 0 Å². The lowest BCUT2D eigenvalue weighted by molar-refractivity contribution is 0.318. The van der Waals surface area contributed by atoms with E-state index < -0.39 is 0 Å². The highest BCUT2D eigenvalue weighted by Gasteiger charge is 1.75. The summed E-state index contributed by atoms with van der Waals surface area (Å²) in [5.41, 5.74) is 1.17. The number of hydrogen-bond donors (Lipinski definition) is 2. The standard InChI is InChI=1S/C8H8.C2H6O.CH4O/c1-2-8-6-4-3-5-7-8;1-2-3;1-2/h2-7H,1H2;3H,2H2,1H3;2H,1H3. The van der Waals surface area contributed by atoms with Crippen molar-refractivity contribution in [2.45, 2.75) is 6.92 Å². The van der Waals surface area contributed by atoms with Gasteiger partial charge in [-0.25, -0.2) is 0 Å². The Balaban J connectivity index is 0. The van der Waals surface area contributed by atoms with Gasteiger partial charge in [0.25, 0.3) is 0 Å². The minimum absolute atomic E-state index is 0.250. The van der Waals surface area contributed by atoms with Gasteiger partial charge in [-0.05, 0) is 12.5 Å². The second kappa shape index (κ2) is 13.5. The first kappa shape index (κ1) is 14.4. The van der Waals surface area contributed by atoms with Gasteiger partial charge in [0.05, 0.1) is 0 Å². The maximum atomic E-state index is 7.57. The molecule has 0 aliphatic heterocycles. The average molecular weight is 182 g/mol. The number of rotatable bonds is 1. The van der Waals surface area contributed by atoms with Gasteiger partial charge in [0.2, 0.25) is 0 Å². The first-order chi connectivity index (χ1) is 6.35. The second-order valence-corrected chi connectivity index (χ2v) is 1.93. The van der Waals surface area contributed by atoms with E-state index in [2.05, 4.69) is 6.58 Å². The lowest BCUT2D eigenvalue weighted by atomic mass is 10.2. The van der Waals surface area contributed by atoms with Crippen molar-refractivity contribution in [2.24, 2.45) is 0 Å². The number of benzene rings is 1. The lowest BCUT2D eigenvalue weighted by Crippen LogP contribution is -1.63. The van der Waals surface area contributed by atoms with Gasteiger partial charge in [-0.15, -0.1) is 0 Å². The van der Waals surface area contributed by atoms with E-state index in [4.69, 9.17) is 10.2 Å². The van der Waals surface area contributed by atoms with Gasteiger partial charge >= 0.3 is 0 Å². The summed E-state index contributed by atoms with van der Waals surface area (Å²) < 4.78 is 0. The molecule has 0 aliphatic rings. The van der Waals surface area contributed by atoms with Crippen LogP contribution in [0, 0.1) is 0 Å². The van der Waals surface area contributed by atoms with Gasteiger partial charge < -0.3 is 10.2 Å². The van der Waals surface area contributed by atoms with Crippen molar-refractivity contribution in [2.75, 3.05) is 13.7 Å². The van der Waals surface area contributed by atoms with Crippen molar-refractivity contribution in [1.82, 2.24) is 0 Å². The molecule has 13 heavy (non-hydrogen) atoms. The third-order valence-electron chi connectivity index (χ3n) is 1.04. The minimum Gasteiger partial charge on any atom is -0.400 e. The maximum absolute atomic E-state index is 7.57. The molecule has 0 radical (unpaired) electrons. The molecule has 0 aromatic heterocycles. The predicted molar refractivity (Wildman–Crippen MR) is 57.4 cm³/mol. The lowest BCUT2D eigenvalue weighted by Gasteiger charge is -1.85. The van der Waals surface area contributed by atoms with Crippen molar-refractivity contribution < 1.29 is 10.2 Å². The van der Waals surface area contributed by atoms with E-state index in [1.54, 1.807) is 6.92 Å². The molecule has 0 heterocycles. The van der Waals surface area contributed by atoms with E-state index in [0.29, 0.717) is 0 Å². The van der Waals surface area contributed by atoms with E-state index in [1.165, 1.54) is 5.56 Å². The van der Waals surface area contributed by atoms with Crippen LogP contribution in [0.3, 0.4) is 0 Å². The summed E-state index contributed by atoms with van der Waals surface area (Å²) in [6, 6.07) is 10.0. The van der Waals surface area contributed by atoms with Gasteiger partial charge in [0.1, 0.15) is 0 Å². The SMILES string of the molecule is C=Cc1ccccc1.CCO.CO. The van der Waals surface area contributed by atoms with Crippen LogP contribution in [0.25, 0.3) is 6.08 Å². The van der Waals surface area contributed by atoms with E-state index in [9.17, 15) is 0 Å². The van der Waals surface area contributed by atoms with E-state index in [1.807, 2.05) is 36.4 Å². The Morgan fingerprint density at radius 3 is 1.85 bits per heavy atom. The van der Waals surface area contributed by atoms with Crippen molar-refractivity contribution >= 4 is 6.08 Å². The van der Waals surface area contributed by atoms with Crippen LogP contribution in [0.2, 0.25) is 0 Å². The molecule has 0 atom stereocenters. The largest absolute Gasteiger partial charge is 0.400 e. The quantitative estimate of drug-likeness (QED) is 0.696. The zero-order chi connectivity index (χ0) is 10.5. The molecule has 2 heteroatoms. The molecule has 0 saturated heterocycles. The fourth-order valence-corrected chi connectivity index (χ4v) is 0.589. The second-order valence-electron chi connectivity index (χ2n) is 1.93. The van der Waals surface area contributed by atoms with Gasteiger partial charge in [0.15, 0.2) is 0 Å². The third-order valence-corrected chi connectivity index (χ3v) is 1.04. The van der Waals surface area contributed by atoms with E-state index in [0.717, 1.165) is 7.11 Å². The average Bonchev–Trinajstić information content (AvgIpc) is 2.23. The van der Waals surface area contributed by atoms with Crippen LogP contribution in [0.5, 0.6) is 0 Å². The van der Waals surface area contributed by atoms with Gasteiger partial charge in [-0.2, -0.15) is 0 Å². The molecule has 0 unspecified atom stereocenters. The Morgan fingerprint density at radius 2 is 1.62 bits per heavy atom. The molecule has 0 amide bonds. The Morgan fingerprint density at radius 1 is 1.23 bits per heavy atom. The van der Waals surface area contributed by atoms with Crippen molar-refractivity contribution in [1.29, 1.82) is 0 Å². The van der Waals surface area contributed by atoms with Gasteiger partial charge in [-0.3, -0.25) is 0 Å². The predicted octanol–water partition coefficient (Wildman–Crippen LogP) is 1.94. The van der Waals surface area contributed by atoms with E-state index in [-0.39, 0.29) is 6.61 Å².